The molecule has 2 N–H and O–H groups in total. The molecule has 0 saturated carbocycles. The minimum Gasteiger partial charge on any atom is -0.457 e. The lowest BCUT2D eigenvalue weighted by Gasteiger charge is -2.15. The van der Waals surface area contributed by atoms with E-state index in [0.29, 0.717) is 21.4 Å². The van der Waals surface area contributed by atoms with Crippen LogP contribution in [0.1, 0.15) is 16.9 Å². The first-order valence-corrected chi connectivity index (χ1v) is 10.6. The summed E-state index contributed by atoms with van der Waals surface area (Å²) >= 11 is 7.41. The van der Waals surface area contributed by atoms with Crippen molar-refractivity contribution in [2.75, 3.05) is 5.32 Å². The molecule has 1 amide bonds. The van der Waals surface area contributed by atoms with E-state index in [2.05, 4.69) is 10.6 Å². The Morgan fingerprint density at radius 3 is 2.71 bits per heavy atom. The Labute approximate surface area is 187 Å². The van der Waals surface area contributed by atoms with Gasteiger partial charge in [0, 0.05) is 34.5 Å². The maximum Gasteiger partial charge on any atom is 0.269 e. The number of carbonyl (C=O) groups is 1. The van der Waals surface area contributed by atoms with E-state index in [1.54, 1.807) is 31.2 Å². The molecule has 1 unspecified atom stereocenters. The van der Waals surface area contributed by atoms with E-state index in [1.165, 1.54) is 23.9 Å². The highest BCUT2D eigenvalue weighted by Gasteiger charge is 2.28. The Hall–Kier alpha value is -3.23. The molecule has 0 aliphatic carbocycles. The minimum atomic E-state index is -0.431. The summed E-state index contributed by atoms with van der Waals surface area (Å²) in [5, 5.41) is 17.7. The molecular weight excluding hydrogens is 438 g/mol. The molecule has 2 heterocycles. The Kier molecular flexibility index (Phi) is 5.75. The van der Waals surface area contributed by atoms with Crippen LogP contribution < -0.4 is 10.6 Å². The van der Waals surface area contributed by atoms with Gasteiger partial charge in [0.05, 0.1) is 9.83 Å². The van der Waals surface area contributed by atoms with E-state index in [-0.39, 0.29) is 17.1 Å². The number of hydrogen-bond donors (Lipinski definition) is 2. The molecule has 1 aromatic heterocycles. The number of carbonyl (C=O) groups excluding carboxylic acids is 1. The summed E-state index contributed by atoms with van der Waals surface area (Å²) in [4.78, 5) is 23.4. The van der Waals surface area contributed by atoms with Crippen molar-refractivity contribution in [1.82, 2.24) is 5.32 Å². The standard InChI is InChI=1S/C22H18ClN3O4S/c1-12-3-4-14(23)10-18(12)24-22-25-21(27)20(31-22)11-16-6-8-19(30-16)17-7-5-15(26(28)29)9-13(17)2/h3-11,22,24H,1-2H3,(H,25,27)/b20-11-. The number of nitrogens with zero attached hydrogens (tertiary/aromatic N) is 1. The van der Waals surface area contributed by atoms with Crippen molar-refractivity contribution in [2.24, 2.45) is 0 Å². The number of halogens is 1. The molecule has 2 aromatic carbocycles. The van der Waals surface area contributed by atoms with Gasteiger partial charge in [0.15, 0.2) is 5.50 Å². The predicted molar refractivity (Wildman–Crippen MR) is 123 cm³/mol. The Bertz CT molecular complexity index is 1220. The predicted octanol–water partition coefficient (Wildman–Crippen LogP) is 5.72. The number of non-ortho nitro benzene ring substituents is 1. The van der Waals surface area contributed by atoms with Gasteiger partial charge < -0.3 is 15.1 Å². The number of amides is 1. The highest BCUT2D eigenvalue weighted by molar-refractivity contribution is 8.05. The molecule has 1 atom stereocenters. The zero-order valence-corrected chi connectivity index (χ0v) is 18.2. The number of rotatable bonds is 5. The summed E-state index contributed by atoms with van der Waals surface area (Å²) in [7, 11) is 0. The van der Waals surface area contributed by atoms with Crippen LogP contribution in [0.15, 0.2) is 57.9 Å². The van der Waals surface area contributed by atoms with Crippen LogP contribution in [0.2, 0.25) is 5.02 Å². The molecule has 4 rings (SSSR count). The third kappa shape index (κ3) is 4.60. The molecule has 1 fully saturated rings. The van der Waals surface area contributed by atoms with E-state index in [4.69, 9.17) is 16.0 Å². The lowest BCUT2D eigenvalue weighted by atomic mass is 10.1. The van der Waals surface area contributed by atoms with Gasteiger partial charge in [-0.15, -0.1) is 0 Å². The normalized spacial score (nSPS) is 17.1. The number of benzene rings is 2. The fourth-order valence-corrected chi connectivity index (χ4v) is 4.33. The van der Waals surface area contributed by atoms with Crippen molar-refractivity contribution < 1.29 is 14.1 Å². The van der Waals surface area contributed by atoms with Crippen molar-refractivity contribution in [1.29, 1.82) is 0 Å². The summed E-state index contributed by atoms with van der Waals surface area (Å²) in [6, 6.07) is 13.7. The van der Waals surface area contributed by atoms with E-state index < -0.39 is 4.92 Å². The van der Waals surface area contributed by atoms with Crippen LogP contribution >= 0.6 is 23.4 Å². The molecule has 0 radical (unpaired) electrons. The van der Waals surface area contributed by atoms with Gasteiger partial charge in [0.25, 0.3) is 11.6 Å². The van der Waals surface area contributed by atoms with Crippen LogP contribution in [-0.4, -0.2) is 16.3 Å². The van der Waals surface area contributed by atoms with E-state index in [1.807, 2.05) is 25.1 Å². The topological polar surface area (TPSA) is 97.4 Å². The summed E-state index contributed by atoms with van der Waals surface area (Å²) in [5.41, 5.74) is 3.06. The zero-order chi connectivity index (χ0) is 22.1. The van der Waals surface area contributed by atoms with Gasteiger partial charge in [-0.1, -0.05) is 29.4 Å². The highest BCUT2D eigenvalue weighted by atomic mass is 35.5. The summed E-state index contributed by atoms with van der Waals surface area (Å²) in [5.74, 6) is 0.892. The molecule has 158 valence electrons. The monoisotopic (exact) mass is 455 g/mol. The summed E-state index contributed by atoms with van der Waals surface area (Å²) in [6.07, 6.45) is 1.68. The molecule has 1 saturated heterocycles. The lowest BCUT2D eigenvalue weighted by molar-refractivity contribution is -0.384. The second-order valence-corrected chi connectivity index (χ2v) is 8.63. The molecule has 9 heteroatoms. The highest BCUT2D eigenvalue weighted by Crippen LogP contribution is 2.33. The summed E-state index contributed by atoms with van der Waals surface area (Å²) < 4.78 is 5.87. The minimum absolute atomic E-state index is 0.0302. The van der Waals surface area contributed by atoms with Crippen LogP contribution in [0.25, 0.3) is 17.4 Å². The zero-order valence-electron chi connectivity index (χ0n) is 16.6. The van der Waals surface area contributed by atoms with Crippen LogP contribution in [0.5, 0.6) is 0 Å². The molecule has 31 heavy (non-hydrogen) atoms. The van der Waals surface area contributed by atoms with Gasteiger partial charge >= 0.3 is 0 Å². The third-order valence-corrected chi connectivity index (χ3v) is 6.07. The lowest BCUT2D eigenvalue weighted by Crippen LogP contribution is -2.31. The van der Waals surface area contributed by atoms with Crippen LogP contribution in [0.4, 0.5) is 11.4 Å². The molecule has 1 aliphatic rings. The van der Waals surface area contributed by atoms with E-state index in [0.717, 1.165) is 22.4 Å². The van der Waals surface area contributed by atoms with Crippen LogP contribution in [0.3, 0.4) is 0 Å². The second kappa shape index (κ2) is 8.49. The third-order valence-electron chi connectivity index (χ3n) is 4.80. The average Bonchev–Trinajstić information content (AvgIpc) is 3.31. The van der Waals surface area contributed by atoms with Gasteiger partial charge in [-0.2, -0.15) is 0 Å². The number of thioether (sulfide) groups is 1. The quantitative estimate of drug-likeness (QED) is 0.290. The Balaban J connectivity index is 1.51. The second-order valence-electron chi connectivity index (χ2n) is 7.04. The SMILES string of the molecule is Cc1ccc(Cl)cc1NC1NC(=O)/C(=C/c2ccc(-c3ccc([N+](=O)[O-])cc3C)o2)S1. The molecule has 3 aromatic rings. The number of furan rings is 1. The first kappa shape index (κ1) is 21.0. The first-order valence-electron chi connectivity index (χ1n) is 9.37. The fraction of sp³-hybridized carbons (Fsp3) is 0.136. The molecule has 7 nitrogen and oxygen atoms in total. The number of aryl methyl sites for hydroxylation is 2. The van der Waals surface area contributed by atoms with Gasteiger partial charge in [-0.05, 0) is 55.3 Å². The number of anilines is 1. The van der Waals surface area contributed by atoms with E-state index in [9.17, 15) is 14.9 Å². The average molecular weight is 456 g/mol. The maximum atomic E-state index is 12.4. The Morgan fingerprint density at radius 1 is 1.16 bits per heavy atom. The van der Waals surface area contributed by atoms with Gasteiger partial charge in [0.1, 0.15) is 11.5 Å². The van der Waals surface area contributed by atoms with Crippen LogP contribution in [-0.2, 0) is 4.79 Å². The fourth-order valence-electron chi connectivity index (χ4n) is 3.20. The van der Waals surface area contributed by atoms with Crippen molar-refractivity contribution in [3.63, 3.8) is 0 Å². The molecule has 0 spiro atoms. The number of nitro benzene ring substituents is 1. The maximum absolute atomic E-state index is 12.4. The smallest absolute Gasteiger partial charge is 0.269 e. The van der Waals surface area contributed by atoms with Crippen molar-refractivity contribution >= 4 is 46.7 Å². The van der Waals surface area contributed by atoms with Crippen molar-refractivity contribution in [3.05, 3.63) is 85.5 Å². The number of nitro groups is 1. The van der Waals surface area contributed by atoms with Gasteiger partial charge in [0.2, 0.25) is 0 Å². The van der Waals surface area contributed by atoms with E-state index >= 15 is 0 Å². The molecular formula is C22H18ClN3O4S. The first-order chi connectivity index (χ1) is 14.8. The Morgan fingerprint density at radius 2 is 1.97 bits per heavy atom. The van der Waals surface area contributed by atoms with Gasteiger partial charge in [-0.25, -0.2) is 0 Å². The number of hydrogen-bond acceptors (Lipinski definition) is 6. The van der Waals surface area contributed by atoms with Crippen molar-refractivity contribution in [3.8, 4) is 11.3 Å². The van der Waals surface area contributed by atoms with Gasteiger partial charge in [-0.3, -0.25) is 14.9 Å². The molecule has 0 bridgehead atoms. The largest absolute Gasteiger partial charge is 0.457 e. The molecule has 1 aliphatic heterocycles. The summed E-state index contributed by atoms with van der Waals surface area (Å²) in [6.45, 7) is 3.75. The van der Waals surface area contributed by atoms with Crippen LogP contribution in [0, 0.1) is 24.0 Å². The number of nitrogens with one attached hydrogen (secondary N) is 2. The van der Waals surface area contributed by atoms with Crippen molar-refractivity contribution in [2.45, 2.75) is 19.3 Å².